The zero-order valence-corrected chi connectivity index (χ0v) is 14.5. The van der Waals surface area contributed by atoms with Gasteiger partial charge in [0, 0.05) is 23.4 Å². The van der Waals surface area contributed by atoms with Gasteiger partial charge in [-0.1, -0.05) is 72.5 Å². The van der Waals surface area contributed by atoms with Gasteiger partial charge in [-0.3, -0.25) is 4.79 Å². The number of hydrogen-bond acceptors (Lipinski definition) is 4. The maximum atomic E-state index is 12.8. The van der Waals surface area contributed by atoms with E-state index >= 15 is 0 Å². The molecule has 0 N–H and O–H groups in total. The molecule has 0 bridgehead atoms. The quantitative estimate of drug-likeness (QED) is 0.458. The number of benzene rings is 1. The molecule has 4 heteroatoms. The van der Waals surface area contributed by atoms with E-state index in [1.54, 1.807) is 12.1 Å². The number of nitriles is 1. The average molecular weight is 344 g/mol. The molecule has 1 aliphatic heterocycles. The van der Waals surface area contributed by atoms with Crippen molar-refractivity contribution < 1.29 is 4.79 Å². The first kappa shape index (κ1) is 15.7. The zero-order chi connectivity index (χ0) is 17.4. The summed E-state index contributed by atoms with van der Waals surface area (Å²) in [6.07, 6.45) is 12.7. The second kappa shape index (κ2) is 6.27. The van der Waals surface area contributed by atoms with Crippen LogP contribution in [0.15, 0.2) is 87.9 Å². The summed E-state index contributed by atoms with van der Waals surface area (Å²) in [4.78, 5) is 16.1. The molecule has 0 radical (unpaired) electrons. The molecule has 2 unspecified atom stereocenters. The molecule has 122 valence electrons. The fourth-order valence-corrected chi connectivity index (χ4v) is 4.76. The number of carbonyl (C=O) groups is 1. The summed E-state index contributed by atoms with van der Waals surface area (Å²) in [7, 11) is 1.97. The van der Waals surface area contributed by atoms with Crippen LogP contribution < -0.4 is 0 Å². The highest BCUT2D eigenvalue weighted by molar-refractivity contribution is 8.07. The van der Waals surface area contributed by atoms with E-state index in [0.717, 1.165) is 5.03 Å². The Bertz CT molecular complexity index is 928. The van der Waals surface area contributed by atoms with Crippen LogP contribution in [0.2, 0.25) is 0 Å². The number of Topliss-reactive ketones (excluding diaryl/α,β-unsaturated/α-hetero) is 1. The Labute approximate surface area is 151 Å². The fraction of sp³-hybridized carbons (Fsp3) is 0.143. The van der Waals surface area contributed by atoms with Crippen LogP contribution in [-0.2, 0) is 0 Å². The molecule has 1 fully saturated rings. The van der Waals surface area contributed by atoms with E-state index in [1.807, 2.05) is 31.3 Å². The number of fused-ring (bicyclic) bond motifs is 3. The second-order valence-corrected chi connectivity index (χ2v) is 7.21. The fourth-order valence-electron chi connectivity index (χ4n) is 3.47. The van der Waals surface area contributed by atoms with Crippen molar-refractivity contribution in [3.8, 4) is 6.07 Å². The molecule has 1 aromatic rings. The molecule has 0 amide bonds. The van der Waals surface area contributed by atoms with E-state index in [2.05, 4.69) is 41.3 Å². The lowest BCUT2D eigenvalue weighted by molar-refractivity contribution is 0.103. The largest absolute Gasteiger partial charge is 0.359 e. The number of thioether (sulfide) groups is 1. The Morgan fingerprint density at radius 1 is 1.20 bits per heavy atom. The van der Waals surface area contributed by atoms with Crippen molar-refractivity contribution in [1.82, 2.24) is 4.90 Å². The first-order chi connectivity index (χ1) is 12.2. The number of ketones is 1. The van der Waals surface area contributed by atoms with E-state index in [4.69, 9.17) is 0 Å². The minimum Gasteiger partial charge on any atom is -0.359 e. The van der Waals surface area contributed by atoms with Crippen LogP contribution in [0, 0.1) is 17.2 Å². The lowest BCUT2D eigenvalue weighted by atomic mass is 9.83. The molecule has 4 rings (SSSR count). The van der Waals surface area contributed by atoms with Gasteiger partial charge in [-0.25, -0.2) is 0 Å². The number of carbonyl (C=O) groups excluding carboxylic acids is 1. The number of rotatable bonds is 2. The molecule has 3 nitrogen and oxygen atoms in total. The van der Waals surface area contributed by atoms with Crippen molar-refractivity contribution in [3.05, 3.63) is 93.4 Å². The van der Waals surface area contributed by atoms with Gasteiger partial charge in [0.2, 0.25) is 5.78 Å². The second-order valence-electron chi connectivity index (χ2n) is 6.15. The van der Waals surface area contributed by atoms with E-state index in [1.165, 1.54) is 22.2 Å². The van der Waals surface area contributed by atoms with Crippen molar-refractivity contribution in [2.24, 2.45) is 5.92 Å². The molecule has 2 atom stereocenters. The number of likely N-dealkylation sites (N-methyl/N-ethyl adjacent to an activating group) is 1. The first-order valence-electron chi connectivity index (χ1n) is 8.12. The summed E-state index contributed by atoms with van der Waals surface area (Å²) in [5.41, 5.74) is 2.02. The minimum atomic E-state index is -0.219. The monoisotopic (exact) mass is 344 g/mol. The van der Waals surface area contributed by atoms with Gasteiger partial charge in [0.15, 0.2) is 0 Å². The van der Waals surface area contributed by atoms with Crippen molar-refractivity contribution >= 4 is 17.5 Å². The van der Waals surface area contributed by atoms with Crippen LogP contribution in [-0.4, -0.2) is 23.8 Å². The molecule has 2 aliphatic carbocycles. The summed E-state index contributed by atoms with van der Waals surface area (Å²) < 4.78 is 0. The van der Waals surface area contributed by atoms with Crippen LogP contribution in [0.25, 0.3) is 0 Å². The van der Waals surface area contributed by atoms with Crippen LogP contribution in [0.4, 0.5) is 0 Å². The van der Waals surface area contributed by atoms with E-state index in [0.29, 0.717) is 5.56 Å². The highest BCUT2D eigenvalue weighted by Gasteiger charge is 2.41. The topological polar surface area (TPSA) is 44.1 Å². The summed E-state index contributed by atoms with van der Waals surface area (Å²) in [5.74, 6) is 0.0377. The predicted octanol–water partition coefficient (Wildman–Crippen LogP) is 4.22. The van der Waals surface area contributed by atoms with Gasteiger partial charge in [0.25, 0.3) is 0 Å². The minimum absolute atomic E-state index is 0.146. The van der Waals surface area contributed by atoms with Crippen LogP contribution >= 0.6 is 11.8 Å². The Morgan fingerprint density at radius 2 is 2.00 bits per heavy atom. The lowest BCUT2D eigenvalue weighted by Crippen LogP contribution is -2.35. The molecule has 25 heavy (non-hydrogen) atoms. The van der Waals surface area contributed by atoms with Gasteiger partial charge in [-0.2, -0.15) is 5.26 Å². The third-order valence-corrected chi connectivity index (χ3v) is 6.01. The molecule has 1 heterocycles. The number of nitrogens with zero attached hydrogens (tertiary/aromatic N) is 2. The predicted molar refractivity (Wildman–Crippen MR) is 100 cm³/mol. The molecule has 1 saturated heterocycles. The Kier molecular flexibility index (Phi) is 3.95. The maximum absolute atomic E-state index is 12.8. The average Bonchev–Trinajstić information content (AvgIpc) is 3.00. The summed E-state index contributed by atoms with van der Waals surface area (Å²) in [6, 6.07) is 11.3. The first-order valence-corrected chi connectivity index (χ1v) is 8.94. The summed E-state index contributed by atoms with van der Waals surface area (Å²) in [6.45, 7) is 0. The number of allylic oxidation sites excluding steroid dienone is 6. The third kappa shape index (κ3) is 2.57. The van der Waals surface area contributed by atoms with E-state index in [-0.39, 0.29) is 23.3 Å². The zero-order valence-electron chi connectivity index (χ0n) is 13.7. The van der Waals surface area contributed by atoms with Crippen LogP contribution in [0.5, 0.6) is 0 Å². The van der Waals surface area contributed by atoms with Crippen molar-refractivity contribution in [1.29, 1.82) is 5.26 Å². The van der Waals surface area contributed by atoms with Crippen molar-refractivity contribution in [2.75, 3.05) is 7.05 Å². The highest BCUT2D eigenvalue weighted by atomic mass is 32.2. The smallest absolute Gasteiger partial charge is 0.206 e. The van der Waals surface area contributed by atoms with Gasteiger partial charge in [-0.15, -0.1) is 0 Å². The lowest BCUT2D eigenvalue weighted by Gasteiger charge is -2.32. The van der Waals surface area contributed by atoms with E-state index < -0.39 is 0 Å². The Balaban J connectivity index is 1.74. The van der Waals surface area contributed by atoms with Gasteiger partial charge in [-0.05, 0) is 11.6 Å². The van der Waals surface area contributed by atoms with E-state index in [9.17, 15) is 10.1 Å². The van der Waals surface area contributed by atoms with Crippen molar-refractivity contribution in [3.63, 3.8) is 0 Å². The SMILES string of the molecule is CN1/C(=C(\C#N)C(=O)c2ccccc2)SC2=CC=C3C=CC=CC3C21. The Hall–Kier alpha value is -2.77. The highest BCUT2D eigenvalue weighted by Crippen LogP contribution is 2.49. The van der Waals surface area contributed by atoms with Gasteiger partial charge in [0.1, 0.15) is 11.6 Å². The summed E-state index contributed by atoms with van der Waals surface area (Å²) >= 11 is 1.53. The molecule has 3 aliphatic rings. The molecular weight excluding hydrogens is 328 g/mol. The van der Waals surface area contributed by atoms with Gasteiger partial charge in [0.05, 0.1) is 11.1 Å². The maximum Gasteiger partial charge on any atom is 0.206 e. The van der Waals surface area contributed by atoms with Gasteiger partial charge < -0.3 is 4.90 Å². The Morgan fingerprint density at radius 3 is 2.76 bits per heavy atom. The van der Waals surface area contributed by atoms with Crippen molar-refractivity contribution in [2.45, 2.75) is 6.04 Å². The third-order valence-electron chi connectivity index (χ3n) is 4.72. The van der Waals surface area contributed by atoms with Gasteiger partial charge >= 0.3 is 0 Å². The normalized spacial score (nSPS) is 25.5. The summed E-state index contributed by atoms with van der Waals surface area (Å²) in [5, 5.41) is 10.4. The molecular formula is C21H16N2OS. The molecule has 0 spiro atoms. The molecule has 0 saturated carbocycles. The molecule has 0 aromatic heterocycles. The standard InChI is InChI=1S/C21H16N2OS/c1-23-19-16-10-6-5-7-14(16)11-12-18(19)25-21(23)17(13-22)20(24)15-8-3-2-4-9-15/h2-12,16,19H,1H3/b21-17-. The number of hydrogen-bond donors (Lipinski definition) is 0. The van der Waals surface area contributed by atoms with Crippen LogP contribution in [0.3, 0.4) is 0 Å². The van der Waals surface area contributed by atoms with Crippen LogP contribution in [0.1, 0.15) is 10.4 Å². The molecule has 1 aromatic carbocycles.